The van der Waals surface area contributed by atoms with E-state index in [1.165, 1.54) is 17.1 Å². The van der Waals surface area contributed by atoms with Crippen LogP contribution in [0, 0.1) is 5.82 Å². The molecule has 4 nitrogen and oxygen atoms in total. The van der Waals surface area contributed by atoms with E-state index in [-0.39, 0.29) is 24.0 Å². The van der Waals surface area contributed by atoms with Crippen LogP contribution in [0.1, 0.15) is 35.9 Å². The maximum Gasteiger partial charge on any atom is 0.217 e. The topological polar surface area (TPSA) is 47.8 Å². The van der Waals surface area contributed by atoms with Gasteiger partial charge in [0.1, 0.15) is 12.1 Å². The van der Waals surface area contributed by atoms with Gasteiger partial charge in [-0.2, -0.15) is 0 Å². The normalized spacial score (nSPS) is 10.6. The van der Waals surface area contributed by atoms with Gasteiger partial charge in [-0.15, -0.1) is 5.10 Å². The van der Waals surface area contributed by atoms with Gasteiger partial charge in [-0.05, 0) is 12.5 Å². The zero-order chi connectivity index (χ0) is 13.0. The minimum Gasteiger partial charge on any atom is -0.291 e. The molecule has 0 fully saturated rings. The molecule has 0 spiro atoms. The van der Waals surface area contributed by atoms with Crippen LogP contribution in [0.5, 0.6) is 0 Å². The Labute approximate surface area is 104 Å². The summed E-state index contributed by atoms with van der Waals surface area (Å²) >= 11 is 0. The van der Waals surface area contributed by atoms with Crippen molar-refractivity contribution < 1.29 is 9.18 Å². The van der Waals surface area contributed by atoms with E-state index in [1.807, 2.05) is 6.92 Å². The van der Waals surface area contributed by atoms with E-state index >= 15 is 0 Å². The second-order valence-corrected chi connectivity index (χ2v) is 4.03. The fourth-order valence-electron chi connectivity index (χ4n) is 1.64. The first kappa shape index (κ1) is 12.4. The van der Waals surface area contributed by atoms with Crippen molar-refractivity contribution in [1.29, 1.82) is 0 Å². The van der Waals surface area contributed by atoms with E-state index in [1.54, 1.807) is 18.2 Å². The molecule has 0 amide bonds. The highest BCUT2D eigenvalue weighted by Gasteiger charge is 2.11. The van der Waals surface area contributed by atoms with Gasteiger partial charge in [0.15, 0.2) is 0 Å². The van der Waals surface area contributed by atoms with E-state index in [0.717, 1.165) is 6.42 Å². The van der Waals surface area contributed by atoms with Crippen molar-refractivity contribution in [1.82, 2.24) is 14.8 Å². The average Bonchev–Trinajstić information content (AvgIpc) is 2.81. The van der Waals surface area contributed by atoms with Crippen LogP contribution in [0.3, 0.4) is 0 Å². The molecule has 0 radical (unpaired) electrons. The van der Waals surface area contributed by atoms with Gasteiger partial charge in [0.05, 0.1) is 6.54 Å². The van der Waals surface area contributed by atoms with E-state index < -0.39 is 0 Å². The molecular formula is C13H14FN3O. The summed E-state index contributed by atoms with van der Waals surface area (Å²) in [5, 5.41) is 4.05. The van der Waals surface area contributed by atoms with Crippen molar-refractivity contribution in [2.24, 2.45) is 0 Å². The fourth-order valence-corrected chi connectivity index (χ4v) is 1.64. The predicted octanol–water partition coefficient (Wildman–Crippen LogP) is 2.45. The highest BCUT2D eigenvalue weighted by Crippen LogP contribution is 2.08. The Morgan fingerprint density at radius 3 is 2.89 bits per heavy atom. The van der Waals surface area contributed by atoms with E-state index in [2.05, 4.69) is 10.1 Å². The van der Waals surface area contributed by atoms with Crippen LogP contribution in [0.4, 0.5) is 4.39 Å². The third-order valence-corrected chi connectivity index (χ3v) is 2.55. The lowest BCUT2D eigenvalue weighted by molar-refractivity contribution is 0.0971. The first-order valence-corrected chi connectivity index (χ1v) is 5.86. The number of aromatic nitrogens is 3. The third-order valence-electron chi connectivity index (χ3n) is 2.55. The minimum atomic E-state index is -0.283. The monoisotopic (exact) mass is 247 g/mol. The summed E-state index contributed by atoms with van der Waals surface area (Å²) in [6.07, 6.45) is 2.65. The Kier molecular flexibility index (Phi) is 3.82. The molecule has 5 heteroatoms. The first-order chi connectivity index (χ1) is 8.70. The van der Waals surface area contributed by atoms with Crippen molar-refractivity contribution in [3.05, 3.63) is 47.8 Å². The zero-order valence-corrected chi connectivity index (χ0v) is 10.1. The van der Waals surface area contributed by atoms with Gasteiger partial charge in [-0.25, -0.2) is 14.1 Å². The SMILES string of the molecule is CCCC(=O)c1ncn(Cc2ccccc2F)n1. The molecular weight excluding hydrogens is 233 g/mol. The number of hydrogen-bond donors (Lipinski definition) is 0. The molecule has 0 unspecified atom stereocenters. The quantitative estimate of drug-likeness (QED) is 0.762. The highest BCUT2D eigenvalue weighted by molar-refractivity contribution is 5.92. The third kappa shape index (κ3) is 2.80. The average molecular weight is 247 g/mol. The number of rotatable bonds is 5. The smallest absolute Gasteiger partial charge is 0.217 e. The van der Waals surface area contributed by atoms with Crippen molar-refractivity contribution in [2.75, 3.05) is 0 Å². The van der Waals surface area contributed by atoms with Crippen LogP contribution in [0.2, 0.25) is 0 Å². The van der Waals surface area contributed by atoms with Crippen LogP contribution in [0.15, 0.2) is 30.6 Å². The van der Waals surface area contributed by atoms with Crippen molar-refractivity contribution in [3.63, 3.8) is 0 Å². The summed E-state index contributed by atoms with van der Waals surface area (Å²) in [5.74, 6) is -0.160. The van der Waals surface area contributed by atoms with Gasteiger partial charge in [-0.1, -0.05) is 25.1 Å². The summed E-state index contributed by atoms with van der Waals surface area (Å²) in [6.45, 7) is 2.20. The molecule has 0 saturated heterocycles. The van der Waals surface area contributed by atoms with Crippen molar-refractivity contribution >= 4 is 5.78 Å². The number of halogens is 1. The standard InChI is InChI=1S/C13H14FN3O/c1-2-5-12(18)13-15-9-17(16-13)8-10-6-3-4-7-11(10)14/h3-4,6-7,9H,2,5,8H2,1H3. The summed E-state index contributed by atoms with van der Waals surface area (Å²) in [4.78, 5) is 15.5. The molecule has 18 heavy (non-hydrogen) atoms. The van der Waals surface area contributed by atoms with Crippen LogP contribution in [-0.4, -0.2) is 20.5 Å². The predicted molar refractivity (Wildman–Crippen MR) is 64.8 cm³/mol. The Morgan fingerprint density at radius 2 is 2.17 bits per heavy atom. The Bertz CT molecular complexity index is 551. The van der Waals surface area contributed by atoms with Gasteiger partial charge in [0, 0.05) is 12.0 Å². The number of hydrogen-bond acceptors (Lipinski definition) is 3. The van der Waals surface area contributed by atoms with Gasteiger partial charge in [0.2, 0.25) is 11.6 Å². The molecule has 0 atom stereocenters. The van der Waals surface area contributed by atoms with Crippen LogP contribution in [0.25, 0.3) is 0 Å². The second kappa shape index (κ2) is 5.53. The lowest BCUT2D eigenvalue weighted by atomic mass is 10.2. The fraction of sp³-hybridized carbons (Fsp3) is 0.308. The van der Waals surface area contributed by atoms with E-state index in [4.69, 9.17) is 0 Å². The lowest BCUT2D eigenvalue weighted by Crippen LogP contribution is -2.06. The molecule has 0 N–H and O–H groups in total. The molecule has 2 rings (SSSR count). The zero-order valence-electron chi connectivity index (χ0n) is 10.1. The molecule has 0 aliphatic rings. The van der Waals surface area contributed by atoms with Gasteiger partial charge in [-0.3, -0.25) is 4.79 Å². The van der Waals surface area contributed by atoms with Crippen LogP contribution < -0.4 is 0 Å². The van der Waals surface area contributed by atoms with Crippen LogP contribution in [-0.2, 0) is 6.54 Å². The summed E-state index contributed by atoms with van der Waals surface area (Å²) in [5.41, 5.74) is 0.525. The number of benzene rings is 1. The Hall–Kier alpha value is -2.04. The maximum atomic E-state index is 13.4. The molecule has 0 aliphatic carbocycles. The summed E-state index contributed by atoms with van der Waals surface area (Å²) < 4.78 is 14.9. The van der Waals surface area contributed by atoms with Crippen molar-refractivity contribution in [3.8, 4) is 0 Å². The molecule has 94 valence electrons. The van der Waals surface area contributed by atoms with Crippen LogP contribution >= 0.6 is 0 Å². The molecule has 0 bridgehead atoms. The number of Topliss-reactive ketones (excluding diaryl/α,β-unsaturated/α-hetero) is 1. The minimum absolute atomic E-state index is 0.0789. The van der Waals surface area contributed by atoms with Crippen molar-refractivity contribution in [2.45, 2.75) is 26.3 Å². The molecule has 0 aliphatic heterocycles. The summed E-state index contributed by atoms with van der Waals surface area (Å²) in [6, 6.07) is 6.48. The summed E-state index contributed by atoms with van der Waals surface area (Å²) in [7, 11) is 0. The van der Waals surface area contributed by atoms with E-state index in [9.17, 15) is 9.18 Å². The molecule has 1 heterocycles. The first-order valence-electron chi connectivity index (χ1n) is 5.86. The lowest BCUT2D eigenvalue weighted by Gasteiger charge is -2.01. The maximum absolute atomic E-state index is 13.4. The van der Waals surface area contributed by atoms with Gasteiger partial charge >= 0.3 is 0 Å². The Morgan fingerprint density at radius 1 is 1.39 bits per heavy atom. The number of carbonyl (C=O) groups excluding carboxylic acids is 1. The molecule has 1 aromatic carbocycles. The van der Waals surface area contributed by atoms with E-state index in [0.29, 0.717) is 12.0 Å². The highest BCUT2D eigenvalue weighted by atomic mass is 19.1. The number of nitrogens with zero attached hydrogens (tertiary/aromatic N) is 3. The van der Waals surface area contributed by atoms with Gasteiger partial charge in [0.25, 0.3) is 0 Å². The number of ketones is 1. The second-order valence-electron chi connectivity index (χ2n) is 4.03. The molecule has 0 saturated carbocycles. The number of carbonyl (C=O) groups is 1. The Balaban J connectivity index is 2.12. The largest absolute Gasteiger partial charge is 0.291 e. The molecule has 2 aromatic rings. The molecule has 1 aromatic heterocycles. The van der Waals surface area contributed by atoms with Gasteiger partial charge < -0.3 is 0 Å².